The zero-order valence-corrected chi connectivity index (χ0v) is 23.9. The second-order valence-electron chi connectivity index (χ2n) is 12.5. The van der Waals surface area contributed by atoms with Gasteiger partial charge in [-0.25, -0.2) is 0 Å². The van der Waals surface area contributed by atoms with Crippen LogP contribution in [0.15, 0.2) is 116 Å². The number of nitrogens with zero attached hydrogens (tertiary/aromatic N) is 2. The molecule has 0 saturated heterocycles. The van der Waals surface area contributed by atoms with Crippen molar-refractivity contribution in [3.05, 3.63) is 143 Å². The van der Waals surface area contributed by atoms with E-state index in [-0.39, 0.29) is 16.7 Å². The van der Waals surface area contributed by atoms with E-state index < -0.39 is 0 Å². The van der Waals surface area contributed by atoms with Crippen LogP contribution >= 0.6 is 0 Å². The minimum absolute atomic E-state index is 0.0339. The Morgan fingerprint density at radius 2 is 0.923 bits per heavy atom. The Morgan fingerprint density at radius 1 is 0.462 bits per heavy atom. The van der Waals surface area contributed by atoms with E-state index in [1.165, 1.54) is 27.8 Å². The summed E-state index contributed by atoms with van der Waals surface area (Å²) in [6.07, 6.45) is 3.72. The maximum Gasteiger partial charge on any atom is 0.0702 e. The Bertz CT molecular complexity index is 1440. The molecule has 0 aliphatic carbocycles. The summed E-state index contributed by atoms with van der Waals surface area (Å²) in [7, 11) is 0. The number of aromatic nitrogens is 2. The molecular formula is C37H38N2. The predicted octanol–water partition coefficient (Wildman–Crippen LogP) is 9.59. The van der Waals surface area contributed by atoms with Gasteiger partial charge >= 0.3 is 0 Å². The van der Waals surface area contributed by atoms with Crippen LogP contribution < -0.4 is 0 Å². The largest absolute Gasteiger partial charge is 0.256 e. The van der Waals surface area contributed by atoms with Crippen molar-refractivity contribution in [1.29, 1.82) is 0 Å². The first-order valence-electron chi connectivity index (χ1n) is 13.8. The van der Waals surface area contributed by atoms with E-state index in [2.05, 4.69) is 130 Å². The van der Waals surface area contributed by atoms with Gasteiger partial charge in [0.1, 0.15) is 0 Å². The standard InChI is InChI=1S/C37H38N2/c1-36(2,3)31-23-30(24-32(25-31)37(4,5)6)35(28-15-11-13-26(21-28)33-17-7-9-19-38-33)29-16-12-14-27(22-29)34-18-8-10-20-39-34/h7-25,35H,1-6H3. The van der Waals surface area contributed by atoms with Crippen molar-refractivity contribution in [2.45, 2.75) is 58.3 Å². The van der Waals surface area contributed by atoms with Gasteiger partial charge in [0.25, 0.3) is 0 Å². The lowest BCUT2D eigenvalue weighted by molar-refractivity contribution is 0.566. The van der Waals surface area contributed by atoms with Gasteiger partial charge in [0.15, 0.2) is 0 Å². The first-order chi connectivity index (χ1) is 18.6. The molecule has 2 aromatic heterocycles. The molecule has 0 aliphatic heterocycles. The maximum atomic E-state index is 4.63. The zero-order valence-electron chi connectivity index (χ0n) is 23.9. The van der Waals surface area contributed by atoms with Gasteiger partial charge in [-0.1, -0.05) is 108 Å². The topological polar surface area (TPSA) is 25.8 Å². The van der Waals surface area contributed by atoms with E-state index in [0.29, 0.717) is 0 Å². The molecule has 0 radical (unpaired) electrons. The van der Waals surface area contributed by atoms with Gasteiger partial charge in [0.05, 0.1) is 11.4 Å². The maximum absolute atomic E-state index is 4.63. The molecule has 5 rings (SSSR count). The molecule has 5 aromatic rings. The minimum Gasteiger partial charge on any atom is -0.256 e. The lowest BCUT2D eigenvalue weighted by Crippen LogP contribution is -2.18. The molecule has 196 valence electrons. The number of hydrogen-bond acceptors (Lipinski definition) is 2. The molecule has 2 nitrogen and oxygen atoms in total. The summed E-state index contributed by atoms with van der Waals surface area (Å²) in [6, 6.07) is 37.2. The minimum atomic E-state index is 0.0339. The highest BCUT2D eigenvalue weighted by Gasteiger charge is 2.25. The molecule has 39 heavy (non-hydrogen) atoms. The van der Waals surface area contributed by atoms with Gasteiger partial charge in [-0.15, -0.1) is 0 Å². The number of pyridine rings is 2. The third-order valence-electron chi connectivity index (χ3n) is 7.38. The van der Waals surface area contributed by atoms with E-state index in [1.807, 2.05) is 36.7 Å². The third kappa shape index (κ3) is 6.01. The molecule has 0 aliphatic rings. The molecule has 0 spiro atoms. The van der Waals surface area contributed by atoms with Crippen LogP contribution in [0.3, 0.4) is 0 Å². The molecule has 0 fully saturated rings. The van der Waals surface area contributed by atoms with E-state index in [4.69, 9.17) is 0 Å². The van der Waals surface area contributed by atoms with Crippen molar-refractivity contribution in [1.82, 2.24) is 9.97 Å². The predicted molar refractivity (Wildman–Crippen MR) is 164 cm³/mol. The van der Waals surface area contributed by atoms with Gasteiger partial charge < -0.3 is 0 Å². The quantitative estimate of drug-likeness (QED) is 0.220. The van der Waals surface area contributed by atoms with Crippen molar-refractivity contribution >= 4 is 0 Å². The lowest BCUT2D eigenvalue weighted by atomic mass is 9.75. The second kappa shape index (κ2) is 10.6. The van der Waals surface area contributed by atoms with Crippen LogP contribution in [-0.2, 0) is 10.8 Å². The highest BCUT2D eigenvalue weighted by Crippen LogP contribution is 2.39. The van der Waals surface area contributed by atoms with Crippen molar-refractivity contribution in [2.75, 3.05) is 0 Å². The van der Waals surface area contributed by atoms with E-state index >= 15 is 0 Å². The molecule has 0 amide bonds. The van der Waals surface area contributed by atoms with Crippen molar-refractivity contribution in [3.8, 4) is 22.5 Å². The second-order valence-corrected chi connectivity index (χ2v) is 12.5. The van der Waals surface area contributed by atoms with Gasteiger partial charge in [-0.2, -0.15) is 0 Å². The Morgan fingerprint density at radius 3 is 1.31 bits per heavy atom. The van der Waals surface area contributed by atoms with Crippen molar-refractivity contribution < 1.29 is 0 Å². The molecule has 2 heteroatoms. The summed E-state index contributed by atoms with van der Waals surface area (Å²) in [5.74, 6) is 0.0562. The smallest absolute Gasteiger partial charge is 0.0702 e. The molecule has 2 heterocycles. The van der Waals surface area contributed by atoms with Crippen LogP contribution in [0.25, 0.3) is 22.5 Å². The highest BCUT2D eigenvalue weighted by atomic mass is 14.7. The van der Waals surface area contributed by atoms with Crippen LogP contribution in [0.5, 0.6) is 0 Å². The Balaban J connectivity index is 1.75. The summed E-state index contributed by atoms with van der Waals surface area (Å²) >= 11 is 0. The number of hydrogen-bond donors (Lipinski definition) is 0. The summed E-state index contributed by atoms with van der Waals surface area (Å²) in [6.45, 7) is 13.8. The van der Waals surface area contributed by atoms with E-state index in [0.717, 1.165) is 22.5 Å². The van der Waals surface area contributed by atoms with Crippen LogP contribution in [-0.4, -0.2) is 9.97 Å². The number of rotatable bonds is 5. The first kappa shape index (κ1) is 26.6. The van der Waals surface area contributed by atoms with E-state index in [1.54, 1.807) is 0 Å². The van der Waals surface area contributed by atoms with Gasteiger partial charge in [0.2, 0.25) is 0 Å². The normalized spacial score (nSPS) is 12.1. The van der Waals surface area contributed by atoms with Crippen molar-refractivity contribution in [3.63, 3.8) is 0 Å². The van der Waals surface area contributed by atoms with Crippen LogP contribution in [0.2, 0.25) is 0 Å². The fraction of sp³-hybridized carbons (Fsp3) is 0.243. The zero-order chi connectivity index (χ0) is 27.6. The summed E-state index contributed by atoms with van der Waals surface area (Å²) in [5, 5.41) is 0. The summed E-state index contributed by atoms with van der Waals surface area (Å²) in [5.41, 5.74) is 10.8. The molecule has 3 aromatic carbocycles. The first-order valence-corrected chi connectivity index (χ1v) is 13.8. The fourth-order valence-corrected chi connectivity index (χ4v) is 5.08. The lowest BCUT2D eigenvalue weighted by Gasteiger charge is -2.29. The molecule has 0 saturated carbocycles. The van der Waals surface area contributed by atoms with Gasteiger partial charge in [0, 0.05) is 29.4 Å². The Kier molecular flexibility index (Phi) is 7.23. The Labute approximate surface area is 233 Å². The monoisotopic (exact) mass is 510 g/mol. The van der Waals surface area contributed by atoms with Gasteiger partial charge in [-0.3, -0.25) is 9.97 Å². The fourth-order valence-electron chi connectivity index (χ4n) is 5.08. The van der Waals surface area contributed by atoms with Crippen LogP contribution in [0.1, 0.15) is 75.3 Å². The average molecular weight is 511 g/mol. The van der Waals surface area contributed by atoms with Gasteiger partial charge in [-0.05, 0) is 75.0 Å². The average Bonchev–Trinajstić information content (AvgIpc) is 2.93. The SMILES string of the molecule is CC(C)(C)c1cc(C(c2cccc(-c3ccccn3)c2)c2cccc(-c3ccccn3)c2)cc(C(C)(C)C)c1. The molecule has 0 N–H and O–H groups in total. The molecule has 0 atom stereocenters. The van der Waals surface area contributed by atoms with E-state index in [9.17, 15) is 0 Å². The van der Waals surface area contributed by atoms with Crippen LogP contribution in [0, 0.1) is 0 Å². The summed E-state index contributed by atoms with van der Waals surface area (Å²) < 4.78 is 0. The van der Waals surface area contributed by atoms with Crippen LogP contribution in [0.4, 0.5) is 0 Å². The molecular weight excluding hydrogens is 472 g/mol. The number of benzene rings is 3. The van der Waals surface area contributed by atoms with Crippen molar-refractivity contribution in [2.24, 2.45) is 0 Å². The molecule has 0 unspecified atom stereocenters. The molecule has 0 bridgehead atoms. The third-order valence-corrected chi connectivity index (χ3v) is 7.38. The Hall–Kier alpha value is -4.04. The highest BCUT2D eigenvalue weighted by molar-refractivity contribution is 5.64. The summed E-state index contributed by atoms with van der Waals surface area (Å²) in [4.78, 5) is 9.27.